The summed E-state index contributed by atoms with van der Waals surface area (Å²) in [6, 6.07) is 8.32. The number of carbonyl (C=O) groups is 2. The Morgan fingerprint density at radius 3 is 2.50 bits per heavy atom. The first-order valence-electron chi connectivity index (χ1n) is 11.4. The van der Waals surface area contributed by atoms with Crippen molar-refractivity contribution in [1.82, 2.24) is 20.1 Å². The summed E-state index contributed by atoms with van der Waals surface area (Å²) in [5, 5.41) is 4.37. The highest BCUT2D eigenvalue weighted by molar-refractivity contribution is 6.07. The van der Waals surface area contributed by atoms with Gasteiger partial charge in [-0.25, -0.2) is 9.69 Å². The summed E-state index contributed by atoms with van der Waals surface area (Å²) in [4.78, 5) is 33.0. The van der Waals surface area contributed by atoms with Gasteiger partial charge in [-0.2, -0.15) is 0 Å². The monoisotopic (exact) mass is 408 g/mol. The van der Waals surface area contributed by atoms with Crippen LogP contribution in [0.1, 0.15) is 62.6 Å². The number of hydrogen-bond donors (Lipinski definition) is 2. The molecule has 160 valence electrons. The SMILES string of the molecule is Cc1[nH]c2ccccc2c1C1CCN(CN2C(=O)NC3(CCC(C)CC3)C2=O)CC1. The Hall–Kier alpha value is -2.34. The Morgan fingerprint density at radius 1 is 1.07 bits per heavy atom. The zero-order valence-electron chi connectivity index (χ0n) is 18.0. The van der Waals surface area contributed by atoms with Gasteiger partial charge in [0.15, 0.2) is 0 Å². The highest BCUT2D eigenvalue weighted by Crippen LogP contribution is 2.38. The molecule has 0 atom stereocenters. The minimum absolute atomic E-state index is 0.00556. The number of aromatic amines is 1. The van der Waals surface area contributed by atoms with E-state index in [1.165, 1.54) is 27.1 Å². The molecule has 0 bridgehead atoms. The molecule has 2 N–H and O–H groups in total. The van der Waals surface area contributed by atoms with Crippen molar-refractivity contribution in [1.29, 1.82) is 0 Å². The molecule has 3 amide bonds. The predicted octanol–water partition coefficient (Wildman–Crippen LogP) is 4.11. The van der Waals surface area contributed by atoms with Crippen molar-refractivity contribution in [3.63, 3.8) is 0 Å². The first-order valence-corrected chi connectivity index (χ1v) is 11.4. The summed E-state index contributed by atoms with van der Waals surface area (Å²) in [6.07, 6.45) is 5.67. The second-order valence-electron chi connectivity index (χ2n) is 9.67. The van der Waals surface area contributed by atoms with E-state index in [9.17, 15) is 9.59 Å². The number of hydrogen-bond acceptors (Lipinski definition) is 3. The van der Waals surface area contributed by atoms with Crippen molar-refractivity contribution >= 4 is 22.8 Å². The molecule has 30 heavy (non-hydrogen) atoms. The van der Waals surface area contributed by atoms with Gasteiger partial charge in [0.2, 0.25) is 0 Å². The maximum Gasteiger partial charge on any atom is 0.326 e. The van der Waals surface area contributed by atoms with Gasteiger partial charge in [-0.1, -0.05) is 25.1 Å². The number of carbonyl (C=O) groups excluding carboxylic acids is 2. The standard InChI is InChI=1S/C24H32N4O2/c1-16-7-11-24(12-8-16)22(29)28(23(30)26-24)15-27-13-9-18(10-14-27)21-17(2)25-20-6-4-3-5-19(20)21/h3-6,16,18,25H,7-15H2,1-2H3,(H,26,30). The number of aromatic nitrogens is 1. The normalized spacial score (nSPS) is 28.6. The lowest BCUT2D eigenvalue weighted by Gasteiger charge is -2.35. The number of fused-ring (bicyclic) bond motifs is 1. The van der Waals surface area contributed by atoms with Crippen molar-refractivity contribution in [2.45, 2.75) is 63.8 Å². The molecule has 3 fully saturated rings. The van der Waals surface area contributed by atoms with E-state index in [-0.39, 0.29) is 11.9 Å². The fourth-order valence-corrected chi connectivity index (χ4v) is 5.79. The smallest absolute Gasteiger partial charge is 0.326 e. The van der Waals surface area contributed by atoms with Crippen LogP contribution in [-0.2, 0) is 4.79 Å². The highest BCUT2D eigenvalue weighted by Gasteiger charge is 2.52. The number of piperidine rings is 1. The highest BCUT2D eigenvalue weighted by atomic mass is 16.2. The molecule has 1 saturated carbocycles. The molecule has 1 aromatic heterocycles. The van der Waals surface area contributed by atoms with Crippen molar-refractivity contribution < 1.29 is 9.59 Å². The van der Waals surface area contributed by atoms with Crippen LogP contribution < -0.4 is 5.32 Å². The van der Waals surface area contributed by atoms with Crippen LogP contribution in [0.15, 0.2) is 24.3 Å². The molecule has 2 aromatic rings. The van der Waals surface area contributed by atoms with Gasteiger partial charge in [-0.05, 0) is 68.9 Å². The third-order valence-corrected chi connectivity index (χ3v) is 7.65. The molecular weight excluding hydrogens is 376 g/mol. The molecule has 2 aliphatic heterocycles. The number of benzene rings is 1. The molecule has 5 rings (SSSR count). The molecule has 6 nitrogen and oxygen atoms in total. The van der Waals surface area contributed by atoms with Gasteiger partial charge in [-0.15, -0.1) is 0 Å². The largest absolute Gasteiger partial charge is 0.358 e. The maximum atomic E-state index is 13.1. The van der Waals surface area contributed by atoms with E-state index in [1.54, 1.807) is 0 Å². The number of imide groups is 1. The number of H-pyrrole nitrogens is 1. The Labute approximate surface area is 178 Å². The first kappa shape index (κ1) is 19.6. The predicted molar refractivity (Wildman–Crippen MR) is 117 cm³/mol. The van der Waals surface area contributed by atoms with Crippen LogP contribution in [0.2, 0.25) is 0 Å². The van der Waals surface area contributed by atoms with E-state index in [4.69, 9.17) is 0 Å². The Kier molecular flexibility index (Phi) is 4.85. The van der Waals surface area contributed by atoms with Crippen LogP contribution in [-0.4, -0.2) is 52.0 Å². The molecule has 1 aliphatic carbocycles. The molecule has 6 heteroatoms. The number of nitrogens with zero attached hydrogens (tertiary/aromatic N) is 2. The first-order chi connectivity index (χ1) is 14.5. The van der Waals surface area contributed by atoms with E-state index < -0.39 is 5.54 Å². The minimum Gasteiger partial charge on any atom is -0.358 e. The van der Waals surface area contributed by atoms with Gasteiger partial charge in [0.25, 0.3) is 5.91 Å². The zero-order chi connectivity index (χ0) is 20.9. The van der Waals surface area contributed by atoms with Crippen LogP contribution in [0.25, 0.3) is 10.9 Å². The van der Waals surface area contributed by atoms with Crippen molar-refractivity contribution in [2.24, 2.45) is 5.92 Å². The van der Waals surface area contributed by atoms with Crippen molar-refractivity contribution in [3.05, 3.63) is 35.5 Å². The Bertz CT molecular complexity index is 965. The summed E-state index contributed by atoms with van der Waals surface area (Å²) >= 11 is 0. The van der Waals surface area contributed by atoms with E-state index in [1.807, 2.05) is 0 Å². The summed E-state index contributed by atoms with van der Waals surface area (Å²) in [5.41, 5.74) is 3.27. The summed E-state index contributed by atoms with van der Waals surface area (Å²) in [7, 11) is 0. The average Bonchev–Trinajstić information content (AvgIpc) is 3.19. The van der Waals surface area contributed by atoms with E-state index in [2.05, 4.69) is 53.3 Å². The number of aryl methyl sites for hydroxylation is 1. The lowest BCUT2D eigenvalue weighted by molar-refractivity contribution is -0.134. The molecule has 3 heterocycles. The molecule has 2 saturated heterocycles. The Morgan fingerprint density at radius 2 is 1.77 bits per heavy atom. The fraction of sp³-hybridized carbons (Fsp3) is 0.583. The lowest BCUT2D eigenvalue weighted by atomic mass is 9.77. The minimum atomic E-state index is -0.636. The summed E-state index contributed by atoms with van der Waals surface area (Å²) in [6.45, 7) is 6.63. The molecular formula is C24H32N4O2. The maximum absolute atomic E-state index is 13.1. The van der Waals surface area contributed by atoms with Gasteiger partial charge in [0.05, 0.1) is 6.67 Å². The van der Waals surface area contributed by atoms with E-state index in [0.29, 0.717) is 18.5 Å². The molecule has 1 aromatic carbocycles. The van der Waals surface area contributed by atoms with E-state index >= 15 is 0 Å². The van der Waals surface area contributed by atoms with E-state index in [0.717, 1.165) is 51.6 Å². The lowest BCUT2D eigenvalue weighted by Crippen LogP contribution is -2.50. The molecule has 3 aliphatic rings. The summed E-state index contributed by atoms with van der Waals surface area (Å²) in [5.74, 6) is 1.15. The van der Waals surface area contributed by atoms with Crippen LogP contribution in [0, 0.1) is 12.8 Å². The number of rotatable bonds is 3. The fourth-order valence-electron chi connectivity index (χ4n) is 5.79. The second-order valence-corrected chi connectivity index (χ2v) is 9.67. The Balaban J connectivity index is 1.24. The quantitative estimate of drug-likeness (QED) is 0.751. The van der Waals surface area contributed by atoms with Crippen LogP contribution in [0.5, 0.6) is 0 Å². The molecule has 0 unspecified atom stereocenters. The number of likely N-dealkylation sites (tertiary alicyclic amines) is 1. The molecule has 0 radical (unpaired) electrons. The third kappa shape index (κ3) is 3.22. The number of nitrogens with one attached hydrogen (secondary N) is 2. The average molecular weight is 409 g/mol. The number of para-hydroxylation sites is 1. The van der Waals surface area contributed by atoms with Gasteiger partial charge < -0.3 is 10.3 Å². The van der Waals surface area contributed by atoms with Crippen LogP contribution >= 0.6 is 0 Å². The van der Waals surface area contributed by atoms with Crippen molar-refractivity contribution in [2.75, 3.05) is 19.8 Å². The number of urea groups is 1. The van der Waals surface area contributed by atoms with Gasteiger partial charge >= 0.3 is 6.03 Å². The molecule has 1 spiro atoms. The van der Waals surface area contributed by atoms with Gasteiger partial charge in [0.1, 0.15) is 5.54 Å². The topological polar surface area (TPSA) is 68.4 Å². The van der Waals surface area contributed by atoms with Crippen LogP contribution in [0.4, 0.5) is 4.79 Å². The summed E-state index contributed by atoms with van der Waals surface area (Å²) < 4.78 is 0. The third-order valence-electron chi connectivity index (χ3n) is 7.65. The zero-order valence-corrected chi connectivity index (χ0v) is 18.0. The van der Waals surface area contributed by atoms with Crippen LogP contribution in [0.3, 0.4) is 0 Å². The van der Waals surface area contributed by atoms with Crippen molar-refractivity contribution in [3.8, 4) is 0 Å². The van der Waals surface area contributed by atoms with Gasteiger partial charge in [-0.3, -0.25) is 9.69 Å². The van der Waals surface area contributed by atoms with Gasteiger partial charge in [0, 0.05) is 29.7 Å². The second kappa shape index (κ2) is 7.41. The number of amides is 3.